The van der Waals surface area contributed by atoms with Gasteiger partial charge in [0.15, 0.2) is 11.5 Å². The lowest BCUT2D eigenvalue weighted by Gasteiger charge is -2.25. The van der Waals surface area contributed by atoms with Crippen LogP contribution in [0.2, 0.25) is 0 Å². The molecule has 172 valence electrons. The quantitative estimate of drug-likeness (QED) is 0.740. The molecule has 0 bridgehead atoms. The van der Waals surface area contributed by atoms with Gasteiger partial charge in [0.1, 0.15) is 5.56 Å². The number of benzene rings is 1. The standard InChI is InChI=1S/C24H31N3O5/c1-17(2)19(16-28)26-22(29)15-27-13-6-3-7-14-31-20-10-4-5-11-21(20)32-23-18(24(27)30)9-8-12-25-23/h4-5,8-12,17,19,28H,3,6-7,13-16H2,1-2H3,(H,26,29)/t19-/m1/s1. The Bertz CT molecular complexity index is 918. The third-order valence-corrected chi connectivity index (χ3v) is 5.36. The molecule has 32 heavy (non-hydrogen) atoms. The Balaban J connectivity index is 1.86. The minimum Gasteiger partial charge on any atom is -0.490 e. The van der Waals surface area contributed by atoms with Crippen molar-refractivity contribution in [2.24, 2.45) is 5.92 Å². The highest BCUT2D eigenvalue weighted by atomic mass is 16.5. The van der Waals surface area contributed by atoms with Crippen molar-refractivity contribution in [1.29, 1.82) is 0 Å². The summed E-state index contributed by atoms with van der Waals surface area (Å²) < 4.78 is 11.8. The average Bonchev–Trinajstić information content (AvgIpc) is 2.80. The normalized spacial score (nSPS) is 15.8. The molecule has 0 saturated carbocycles. The molecule has 1 aromatic heterocycles. The summed E-state index contributed by atoms with van der Waals surface area (Å²) in [4.78, 5) is 31.8. The Morgan fingerprint density at radius 3 is 2.69 bits per heavy atom. The fourth-order valence-corrected chi connectivity index (χ4v) is 3.43. The van der Waals surface area contributed by atoms with Crippen LogP contribution in [-0.2, 0) is 4.79 Å². The molecule has 8 heteroatoms. The lowest BCUT2D eigenvalue weighted by molar-refractivity contribution is -0.123. The Labute approximate surface area is 188 Å². The minimum atomic E-state index is -0.362. The molecule has 0 saturated heterocycles. The van der Waals surface area contributed by atoms with Crippen LogP contribution in [0.15, 0.2) is 42.6 Å². The van der Waals surface area contributed by atoms with Crippen molar-refractivity contribution in [2.75, 3.05) is 26.3 Å². The minimum absolute atomic E-state index is 0.0769. The molecule has 1 aliphatic heterocycles. The highest BCUT2D eigenvalue weighted by Crippen LogP contribution is 2.32. The van der Waals surface area contributed by atoms with Crippen LogP contribution in [-0.4, -0.2) is 59.1 Å². The molecule has 2 amide bonds. The molecule has 8 nitrogen and oxygen atoms in total. The van der Waals surface area contributed by atoms with Crippen molar-refractivity contribution < 1.29 is 24.2 Å². The second-order valence-electron chi connectivity index (χ2n) is 8.14. The van der Waals surface area contributed by atoms with Gasteiger partial charge >= 0.3 is 0 Å². The average molecular weight is 442 g/mol. The van der Waals surface area contributed by atoms with E-state index in [2.05, 4.69) is 10.3 Å². The second-order valence-corrected chi connectivity index (χ2v) is 8.14. The smallest absolute Gasteiger partial charge is 0.259 e. The molecule has 1 aliphatic rings. The fraction of sp³-hybridized carbons (Fsp3) is 0.458. The van der Waals surface area contributed by atoms with Crippen LogP contribution in [0, 0.1) is 5.92 Å². The number of para-hydroxylation sites is 2. The van der Waals surface area contributed by atoms with Crippen LogP contribution < -0.4 is 14.8 Å². The van der Waals surface area contributed by atoms with Gasteiger partial charge in [-0.25, -0.2) is 4.98 Å². The molecule has 0 aliphatic carbocycles. The van der Waals surface area contributed by atoms with E-state index in [9.17, 15) is 14.7 Å². The number of carbonyl (C=O) groups excluding carboxylic acids is 2. The SMILES string of the molecule is CC(C)[C@@H](CO)NC(=O)CN1CCCCCOc2ccccc2Oc2ncccc2C1=O. The molecule has 1 aromatic carbocycles. The molecular formula is C24H31N3O5. The number of rotatable bonds is 5. The van der Waals surface area contributed by atoms with Gasteiger partial charge in [0, 0.05) is 12.7 Å². The number of aliphatic hydroxyl groups excluding tert-OH is 1. The molecule has 2 aromatic rings. The number of nitrogens with one attached hydrogen (secondary N) is 1. The summed E-state index contributed by atoms with van der Waals surface area (Å²) in [6.07, 6.45) is 3.95. The van der Waals surface area contributed by atoms with E-state index in [1.807, 2.05) is 32.0 Å². The third kappa shape index (κ3) is 6.20. The summed E-state index contributed by atoms with van der Waals surface area (Å²) in [6, 6.07) is 10.2. The molecule has 0 radical (unpaired) electrons. The number of aliphatic hydroxyl groups is 1. The van der Waals surface area contributed by atoms with Crippen LogP contribution in [0.4, 0.5) is 0 Å². The van der Waals surface area contributed by atoms with Crippen LogP contribution in [0.5, 0.6) is 17.4 Å². The predicted molar refractivity (Wildman–Crippen MR) is 120 cm³/mol. The molecule has 0 spiro atoms. The van der Waals surface area contributed by atoms with Gasteiger partial charge in [0.05, 0.1) is 25.8 Å². The second kappa shape index (κ2) is 11.5. The van der Waals surface area contributed by atoms with Gasteiger partial charge in [-0.3, -0.25) is 9.59 Å². The van der Waals surface area contributed by atoms with E-state index in [0.29, 0.717) is 24.7 Å². The van der Waals surface area contributed by atoms with Crippen LogP contribution in [0.1, 0.15) is 43.5 Å². The van der Waals surface area contributed by atoms with Crippen molar-refractivity contribution in [1.82, 2.24) is 15.2 Å². The lowest BCUT2D eigenvalue weighted by Crippen LogP contribution is -2.47. The van der Waals surface area contributed by atoms with Gasteiger partial charge in [0.2, 0.25) is 11.8 Å². The zero-order chi connectivity index (χ0) is 22.9. The van der Waals surface area contributed by atoms with Crippen molar-refractivity contribution in [2.45, 2.75) is 39.2 Å². The summed E-state index contributed by atoms with van der Waals surface area (Å²) in [7, 11) is 0. The van der Waals surface area contributed by atoms with Gasteiger partial charge in [-0.05, 0) is 49.4 Å². The maximum absolute atomic E-state index is 13.4. The first-order chi connectivity index (χ1) is 15.5. The van der Waals surface area contributed by atoms with Crippen molar-refractivity contribution >= 4 is 11.8 Å². The first-order valence-electron chi connectivity index (χ1n) is 11.0. The topological polar surface area (TPSA) is 101 Å². The van der Waals surface area contributed by atoms with E-state index in [0.717, 1.165) is 19.3 Å². The Hall–Kier alpha value is -3.13. The van der Waals surface area contributed by atoms with E-state index in [1.165, 1.54) is 4.90 Å². The zero-order valence-corrected chi connectivity index (χ0v) is 18.6. The third-order valence-electron chi connectivity index (χ3n) is 5.36. The zero-order valence-electron chi connectivity index (χ0n) is 18.6. The Morgan fingerprint density at radius 1 is 1.16 bits per heavy atom. The number of hydrogen-bond donors (Lipinski definition) is 2. The summed E-state index contributed by atoms with van der Waals surface area (Å²) in [5.41, 5.74) is 0.275. The van der Waals surface area contributed by atoms with Crippen LogP contribution in [0.25, 0.3) is 0 Å². The fourth-order valence-electron chi connectivity index (χ4n) is 3.43. The van der Waals surface area contributed by atoms with Crippen LogP contribution >= 0.6 is 0 Å². The molecule has 2 heterocycles. The van der Waals surface area contributed by atoms with E-state index in [1.54, 1.807) is 24.4 Å². The maximum Gasteiger partial charge on any atom is 0.259 e. The lowest BCUT2D eigenvalue weighted by atomic mass is 10.1. The van der Waals surface area contributed by atoms with Gasteiger partial charge in [-0.1, -0.05) is 26.0 Å². The number of amides is 2. The summed E-state index contributed by atoms with van der Waals surface area (Å²) >= 11 is 0. The molecular weight excluding hydrogens is 410 g/mol. The summed E-state index contributed by atoms with van der Waals surface area (Å²) in [6.45, 7) is 4.52. The Kier molecular flexibility index (Phi) is 8.44. The molecule has 0 fully saturated rings. The molecule has 1 atom stereocenters. The number of aromatic nitrogens is 1. The van der Waals surface area contributed by atoms with Crippen molar-refractivity contribution in [3.63, 3.8) is 0 Å². The summed E-state index contributed by atoms with van der Waals surface area (Å²) in [5.74, 6) is 0.672. The predicted octanol–water partition coefficient (Wildman–Crippen LogP) is 3.01. The first kappa shape index (κ1) is 23.5. The van der Waals surface area contributed by atoms with Gasteiger partial charge in [-0.15, -0.1) is 0 Å². The van der Waals surface area contributed by atoms with E-state index in [4.69, 9.17) is 9.47 Å². The highest BCUT2D eigenvalue weighted by Gasteiger charge is 2.25. The van der Waals surface area contributed by atoms with E-state index in [-0.39, 0.29) is 48.4 Å². The number of pyridine rings is 1. The maximum atomic E-state index is 13.4. The van der Waals surface area contributed by atoms with Crippen molar-refractivity contribution in [3.8, 4) is 17.4 Å². The summed E-state index contributed by atoms with van der Waals surface area (Å²) in [5, 5.41) is 12.3. The highest BCUT2D eigenvalue weighted by molar-refractivity contribution is 5.98. The van der Waals surface area contributed by atoms with Gasteiger partial charge in [-0.2, -0.15) is 0 Å². The Morgan fingerprint density at radius 2 is 1.94 bits per heavy atom. The largest absolute Gasteiger partial charge is 0.490 e. The number of nitrogens with zero attached hydrogens (tertiary/aromatic N) is 2. The van der Waals surface area contributed by atoms with Gasteiger partial charge < -0.3 is 24.8 Å². The van der Waals surface area contributed by atoms with Crippen molar-refractivity contribution in [3.05, 3.63) is 48.2 Å². The number of fused-ring (bicyclic) bond motifs is 2. The number of ether oxygens (including phenoxy) is 2. The van der Waals surface area contributed by atoms with Gasteiger partial charge in [0.25, 0.3) is 5.91 Å². The molecule has 3 rings (SSSR count). The molecule has 2 N–H and O–H groups in total. The van der Waals surface area contributed by atoms with E-state index < -0.39 is 0 Å². The van der Waals surface area contributed by atoms with E-state index >= 15 is 0 Å². The molecule has 0 unspecified atom stereocenters. The number of carbonyl (C=O) groups is 2. The first-order valence-corrected chi connectivity index (χ1v) is 11.0. The monoisotopic (exact) mass is 441 g/mol. The van der Waals surface area contributed by atoms with Crippen LogP contribution in [0.3, 0.4) is 0 Å². The number of hydrogen-bond acceptors (Lipinski definition) is 6.